The van der Waals surface area contributed by atoms with Crippen molar-refractivity contribution in [2.24, 2.45) is 0 Å². The van der Waals surface area contributed by atoms with Gasteiger partial charge in [0.25, 0.3) is 0 Å². The fraction of sp³-hybridized carbons (Fsp3) is 0.167. The molecule has 0 fully saturated rings. The van der Waals surface area contributed by atoms with Crippen LogP contribution in [0.5, 0.6) is 0 Å². The Morgan fingerprint density at radius 1 is 1.33 bits per heavy atom. The number of H-pyrrole nitrogens is 1. The van der Waals surface area contributed by atoms with Gasteiger partial charge in [-0.05, 0) is 6.42 Å². The van der Waals surface area contributed by atoms with Gasteiger partial charge in [-0.1, -0.05) is 31.2 Å². The number of hydrogen-bond acceptors (Lipinski definition) is 2. The highest BCUT2D eigenvalue weighted by Crippen LogP contribution is 2.20. The van der Waals surface area contributed by atoms with Crippen LogP contribution < -0.4 is 0 Å². The summed E-state index contributed by atoms with van der Waals surface area (Å²) in [5, 5.41) is 0. The third kappa shape index (κ3) is 1.81. The number of nitrogens with zero attached hydrogens (tertiary/aromatic N) is 1. The summed E-state index contributed by atoms with van der Waals surface area (Å²) in [4.78, 5) is 17.9. The monoisotopic (exact) mass is 200 g/mol. The number of aromatic amines is 1. The number of nitrogens with one attached hydrogen (secondary N) is 1. The van der Waals surface area contributed by atoms with Crippen LogP contribution in [0.1, 0.15) is 23.0 Å². The summed E-state index contributed by atoms with van der Waals surface area (Å²) in [6, 6.07) is 7.44. The van der Waals surface area contributed by atoms with Gasteiger partial charge in [-0.3, -0.25) is 4.79 Å². The smallest absolute Gasteiger partial charge is 0.150 e. The molecule has 0 radical (unpaired) electrons. The molecule has 0 bridgehead atoms. The van der Waals surface area contributed by atoms with Crippen LogP contribution in [-0.4, -0.2) is 16.3 Å². The van der Waals surface area contributed by atoms with Crippen molar-refractivity contribution in [3.05, 3.63) is 41.9 Å². The van der Waals surface area contributed by atoms with E-state index in [9.17, 15) is 4.79 Å². The van der Waals surface area contributed by atoms with Crippen LogP contribution in [0.3, 0.4) is 0 Å². The van der Waals surface area contributed by atoms with Gasteiger partial charge in [0.05, 0.1) is 12.0 Å². The average Bonchev–Trinajstić information content (AvgIpc) is 2.77. The van der Waals surface area contributed by atoms with E-state index >= 15 is 0 Å². The topological polar surface area (TPSA) is 45.8 Å². The number of carbonyl (C=O) groups is 1. The third-order valence-corrected chi connectivity index (χ3v) is 2.39. The SMILES string of the molecule is CCc1[nH]cnc1-c1ccc(C=O)cc1. The molecule has 76 valence electrons. The Kier molecular flexibility index (Phi) is 2.63. The van der Waals surface area contributed by atoms with Crippen molar-refractivity contribution in [1.29, 1.82) is 0 Å². The molecule has 1 aromatic heterocycles. The van der Waals surface area contributed by atoms with Crippen LogP contribution in [0.25, 0.3) is 11.3 Å². The first-order valence-electron chi connectivity index (χ1n) is 4.93. The van der Waals surface area contributed by atoms with E-state index in [1.54, 1.807) is 18.5 Å². The Balaban J connectivity index is 2.41. The zero-order valence-electron chi connectivity index (χ0n) is 8.53. The van der Waals surface area contributed by atoms with E-state index in [1.165, 1.54) is 0 Å². The van der Waals surface area contributed by atoms with E-state index in [0.717, 1.165) is 29.7 Å². The molecular weight excluding hydrogens is 188 g/mol. The molecule has 0 saturated heterocycles. The summed E-state index contributed by atoms with van der Waals surface area (Å²) >= 11 is 0. The van der Waals surface area contributed by atoms with Gasteiger partial charge in [0.1, 0.15) is 6.29 Å². The second-order valence-electron chi connectivity index (χ2n) is 3.32. The van der Waals surface area contributed by atoms with Crippen LogP contribution in [0.4, 0.5) is 0 Å². The molecule has 0 aliphatic carbocycles. The van der Waals surface area contributed by atoms with Gasteiger partial charge in [-0.2, -0.15) is 0 Å². The van der Waals surface area contributed by atoms with Crippen LogP contribution in [0.15, 0.2) is 30.6 Å². The van der Waals surface area contributed by atoms with Gasteiger partial charge < -0.3 is 4.98 Å². The summed E-state index contributed by atoms with van der Waals surface area (Å²) in [5.74, 6) is 0. The standard InChI is InChI=1S/C12H12N2O/c1-2-11-12(14-8-13-11)10-5-3-9(7-15)4-6-10/h3-8H,2H2,1H3,(H,13,14). The van der Waals surface area contributed by atoms with Crippen molar-refractivity contribution in [1.82, 2.24) is 9.97 Å². The van der Waals surface area contributed by atoms with Crippen molar-refractivity contribution in [2.45, 2.75) is 13.3 Å². The minimum Gasteiger partial charge on any atom is -0.348 e. The van der Waals surface area contributed by atoms with Gasteiger partial charge in [-0.25, -0.2) is 4.98 Å². The molecule has 0 atom stereocenters. The van der Waals surface area contributed by atoms with Crippen LogP contribution in [0, 0.1) is 0 Å². The van der Waals surface area contributed by atoms with E-state index in [1.807, 2.05) is 12.1 Å². The summed E-state index contributed by atoms with van der Waals surface area (Å²) < 4.78 is 0. The number of hydrogen-bond donors (Lipinski definition) is 1. The molecule has 2 rings (SSSR count). The lowest BCUT2D eigenvalue weighted by Gasteiger charge is -2.00. The fourth-order valence-electron chi connectivity index (χ4n) is 1.56. The Morgan fingerprint density at radius 2 is 2.07 bits per heavy atom. The molecule has 3 nitrogen and oxygen atoms in total. The first-order valence-corrected chi connectivity index (χ1v) is 4.93. The zero-order valence-corrected chi connectivity index (χ0v) is 8.53. The van der Waals surface area contributed by atoms with Crippen molar-refractivity contribution >= 4 is 6.29 Å². The van der Waals surface area contributed by atoms with E-state index in [0.29, 0.717) is 5.56 Å². The Hall–Kier alpha value is -1.90. The lowest BCUT2D eigenvalue weighted by Crippen LogP contribution is -1.86. The normalized spacial score (nSPS) is 10.2. The molecule has 0 aliphatic rings. The molecule has 3 heteroatoms. The van der Waals surface area contributed by atoms with E-state index < -0.39 is 0 Å². The summed E-state index contributed by atoms with van der Waals surface area (Å²) in [7, 11) is 0. The number of carbonyl (C=O) groups excluding carboxylic acids is 1. The molecule has 2 aromatic rings. The van der Waals surface area contributed by atoms with Crippen LogP contribution in [-0.2, 0) is 6.42 Å². The molecule has 0 spiro atoms. The fourth-order valence-corrected chi connectivity index (χ4v) is 1.56. The lowest BCUT2D eigenvalue weighted by molar-refractivity contribution is 0.112. The number of rotatable bonds is 3. The zero-order chi connectivity index (χ0) is 10.7. The number of aryl methyl sites for hydroxylation is 1. The molecule has 0 saturated carbocycles. The summed E-state index contributed by atoms with van der Waals surface area (Å²) in [6.45, 7) is 2.08. The van der Waals surface area contributed by atoms with Crippen molar-refractivity contribution in [3.8, 4) is 11.3 Å². The largest absolute Gasteiger partial charge is 0.348 e. The molecule has 1 heterocycles. The maximum absolute atomic E-state index is 10.5. The lowest BCUT2D eigenvalue weighted by atomic mass is 10.1. The average molecular weight is 200 g/mol. The number of aromatic nitrogens is 2. The molecule has 0 unspecified atom stereocenters. The van der Waals surface area contributed by atoms with E-state index in [2.05, 4.69) is 16.9 Å². The second kappa shape index (κ2) is 4.09. The molecule has 0 amide bonds. The van der Waals surface area contributed by atoms with Gasteiger partial charge in [-0.15, -0.1) is 0 Å². The number of imidazole rings is 1. The van der Waals surface area contributed by atoms with Gasteiger partial charge in [0.15, 0.2) is 0 Å². The van der Waals surface area contributed by atoms with Crippen molar-refractivity contribution in [2.75, 3.05) is 0 Å². The van der Waals surface area contributed by atoms with Crippen molar-refractivity contribution in [3.63, 3.8) is 0 Å². The quantitative estimate of drug-likeness (QED) is 0.773. The van der Waals surface area contributed by atoms with Crippen LogP contribution >= 0.6 is 0 Å². The highest BCUT2D eigenvalue weighted by Gasteiger charge is 2.05. The highest BCUT2D eigenvalue weighted by atomic mass is 16.1. The Morgan fingerprint density at radius 3 is 2.67 bits per heavy atom. The summed E-state index contributed by atoms with van der Waals surface area (Å²) in [6.07, 6.45) is 3.46. The highest BCUT2D eigenvalue weighted by molar-refractivity contribution is 5.76. The molecule has 1 N–H and O–H groups in total. The third-order valence-electron chi connectivity index (χ3n) is 2.39. The number of aldehydes is 1. The molecular formula is C12H12N2O. The van der Waals surface area contributed by atoms with Gasteiger partial charge in [0, 0.05) is 16.8 Å². The van der Waals surface area contributed by atoms with Gasteiger partial charge >= 0.3 is 0 Å². The second-order valence-corrected chi connectivity index (χ2v) is 3.32. The maximum atomic E-state index is 10.5. The first-order chi connectivity index (χ1) is 7.35. The van der Waals surface area contributed by atoms with E-state index in [-0.39, 0.29) is 0 Å². The minimum absolute atomic E-state index is 0.687. The van der Waals surface area contributed by atoms with Crippen LogP contribution in [0.2, 0.25) is 0 Å². The Bertz CT molecular complexity index is 457. The number of benzene rings is 1. The predicted molar refractivity (Wildman–Crippen MR) is 58.8 cm³/mol. The molecule has 1 aromatic carbocycles. The minimum atomic E-state index is 0.687. The maximum Gasteiger partial charge on any atom is 0.150 e. The Labute approximate surface area is 88.2 Å². The first kappa shape index (κ1) is 9.65. The molecule has 15 heavy (non-hydrogen) atoms. The molecule has 0 aliphatic heterocycles. The summed E-state index contributed by atoms with van der Waals surface area (Å²) in [5.41, 5.74) is 3.81. The van der Waals surface area contributed by atoms with Gasteiger partial charge in [0.2, 0.25) is 0 Å². The van der Waals surface area contributed by atoms with Crippen molar-refractivity contribution < 1.29 is 4.79 Å². The van der Waals surface area contributed by atoms with E-state index in [4.69, 9.17) is 0 Å². The predicted octanol–water partition coefficient (Wildman–Crippen LogP) is 2.45.